The van der Waals surface area contributed by atoms with Gasteiger partial charge in [-0.05, 0) is 31.4 Å². The molecule has 1 fully saturated rings. The van der Waals surface area contributed by atoms with Crippen LogP contribution in [0.1, 0.15) is 24.1 Å². The molecule has 128 valence electrons. The van der Waals surface area contributed by atoms with Crippen LogP contribution in [-0.2, 0) is 0 Å². The van der Waals surface area contributed by atoms with Crippen molar-refractivity contribution >= 4 is 17.6 Å². The predicted octanol–water partition coefficient (Wildman–Crippen LogP) is 4.54. The first-order chi connectivity index (χ1) is 12.1. The van der Waals surface area contributed by atoms with Crippen LogP contribution >= 0.6 is 0 Å². The average Bonchev–Trinajstić information content (AvgIpc) is 2.63. The quantitative estimate of drug-likeness (QED) is 0.608. The second-order valence-electron chi connectivity index (χ2n) is 6.13. The van der Waals surface area contributed by atoms with Gasteiger partial charge >= 0.3 is 5.69 Å². The highest BCUT2D eigenvalue weighted by Crippen LogP contribution is 2.29. The third kappa shape index (κ3) is 4.32. The highest BCUT2D eigenvalue weighted by Gasteiger charge is 2.23. The molecule has 0 unspecified atom stereocenters. The number of aromatic nitrogens is 1. The molecule has 25 heavy (non-hydrogen) atoms. The Balaban J connectivity index is 1.66. The Morgan fingerprint density at radius 1 is 1.12 bits per heavy atom. The van der Waals surface area contributed by atoms with Crippen molar-refractivity contribution in [1.82, 2.24) is 4.98 Å². The van der Waals surface area contributed by atoms with Crippen LogP contribution in [0.4, 0.5) is 11.5 Å². The van der Waals surface area contributed by atoms with Gasteiger partial charge in [0.1, 0.15) is 0 Å². The average molecular weight is 335 g/mol. The van der Waals surface area contributed by atoms with Crippen molar-refractivity contribution in [2.24, 2.45) is 0 Å². The number of aryl methyl sites for hydroxylation is 1. The summed E-state index contributed by atoms with van der Waals surface area (Å²) in [4.78, 5) is 17.3. The highest BCUT2D eigenvalue weighted by molar-refractivity contribution is 5.59. The Morgan fingerprint density at radius 3 is 2.52 bits per heavy atom. The highest BCUT2D eigenvalue weighted by atomic mass is 16.6. The number of benzene rings is 1. The molecule has 0 saturated carbocycles. The van der Waals surface area contributed by atoms with Gasteiger partial charge < -0.3 is 4.90 Å². The predicted molar refractivity (Wildman–Crippen MR) is 101 cm³/mol. The second-order valence-corrected chi connectivity index (χ2v) is 6.13. The molecule has 0 spiro atoms. The maximum absolute atomic E-state index is 11.2. The molecule has 5 heteroatoms. The standard InChI is InChI=1S/C20H21N3O2/c1-16-10-11-19(23(24)25)20(21-16)22-14-12-18(13-15-22)9-5-8-17-6-3-2-4-7-17/h2-11H,12-15H2,1H3. The van der Waals surface area contributed by atoms with Crippen LogP contribution in [0.15, 0.2) is 60.2 Å². The van der Waals surface area contributed by atoms with Crippen molar-refractivity contribution in [1.29, 1.82) is 0 Å². The second kappa shape index (κ2) is 7.75. The van der Waals surface area contributed by atoms with Gasteiger partial charge in [-0.3, -0.25) is 10.1 Å². The molecule has 0 N–H and O–H groups in total. The van der Waals surface area contributed by atoms with Gasteiger partial charge in [0.25, 0.3) is 0 Å². The van der Waals surface area contributed by atoms with Crippen LogP contribution in [0.5, 0.6) is 0 Å². The van der Waals surface area contributed by atoms with Gasteiger partial charge in [0.05, 0.1) is 4.92 Å². The minimum absolute atomic E-state index is 0.0852. The van der Waals surface area contributed by atoms with Gasteiger partial charge in [0.2, 0.25) is 5.82 Å². The molecule has 1 saturated heterocycles. The van der Waals surface area contributed by atoms with E-state index in [-0.39, 0.29) is 10.6 Å². The lowest BCUT2D eigenvalue weighted by Crippen LogP contribution is -2.32. The number of nitro groups is 1. The maximum Gasteiger partial charge on any atom is 0.311 e. The number of piperidine rings is 1. The number of nitrogens with zero attached hydrogens (tertiary/aromatic N) is 3. The van der Waals surface area contributed by atoms with Crippen LogP contribution in [0.25, 0.3) is 6.08 Å². The van der Waals surface area contributed by atoms with Crippen LogP contribution < -0.4 is 4.90 Å². The summed E-state index contributed by atoms with van der Waals surface area (Å²) in [6.07, 6.45) is 8.11. The lowest BCUT2D eigenvalue weighted by Gasteiger charge is -2.29. The molecular formula is C20H21N3O2. The summed E-state index contributed by atoms with van der Waals surface area (Å²) in [5, 5.41) is 11.2. The van der Waals surface area contributed by atoms with Crippen molar-refractivity contribution < 1.29 is 4.92 Å². The van der Waals surface area contributed by atoms with E-state index in [2.05, 4.69) is 35.3 Å². The fraction of sp³-hybridized carbons (Fsp3) is 0.250. The third-order valence-corrected chi connectivity index (χ3v) is 4.32. The number of anilines is 1. The minimum Gasteiger partial charge on any atom is -0.350 e. The summed E-state index contributed by atoms with van der Waals surface area (Å²) in [6.45, 7) is 3.36. The van der Waals surface area contributed by atoms with Gasteiger partial charge in [-0.25, -0.2) is 4.98 Å². The smallest absolute Gasteiger partial charge is 0.311 e. The Hall–Kier alpha value is -2.95. The molecule has 0 amide bonds. The molecule has 3 rings (SSSR count). The van der Waals surface area contributed by atoms with Gasteiger partial charge in [-0.15, -0.1) is 0 Å². The van der Waals surface area contributed by atoms with Crippen molar-refractivity contribution in [3.05, 3.63) is 81.6 Å². The Kier molecular flexibility index (Phi) is 5.23. The SMILES string of the molecule is Cc1ccc([N+](=O)[O-])c(N2CCC(=CC=Cc3ccccc3)CC2)n1. The van der Waals surface area contributed by atoms with Gasteiger partial charge in [-0.2, -0.15) is 0 Å². The maximum atomic E-state index is 11.2. The molecule has 0 radical (unpaired) electrons. The van der Waals surface area contributed by atoms with E-state index in [9.17, 15) is 10.1 Å². The van der Waals surface area contributed by atoms with E-state index >= 15 is 0 Å². The first kappa shape index (κ1) is 16.9. The number of hydrogen-bond donors (Lipinski definition) is 0. The summed E-state index contributed by atoms with van der Waals surface area (Å²) < 4.78 is 0. The normalized spacial score (nSPS) is 14.8. The summed E-state index contributed by atoms with van der Waals surface area (Å²) >= 11 is 0. The molecule has 2 heterocycles. The van der Waals surface area contributed by atoms with E-state index in [1.165, 1.54) is 11.1 Å². The zero-order valence-electron chi connectivity index (χ0n) is 14.3. The summed E-state index contributed by atoms with van der Waals surface area (Å²) in [5.41, 5.74) is 3.42. The van der Waals surface area contributed by atoms with E-state index in [0.29, 0.717) is 5.82 Å². The zero-order chi connectivity index (χ0) is 17.6. The molecule has 1 aliphatic rings. The fourth-order valence-corrected chi connectivity index (χ4v) is 2.94. The van der Waals surface area contributed by atoms with E-state index in [1.54, 1.807) is 12.1 Å². The fourth-order valence-electron chi connectivity index (χ4n) is 2.94. The van der Waals surface area contributed by atoms with E-state index in [1.807, 2.05) is 30.0 Å². The van der Waals surface area contributed by atoms with Crippen molar-refractivity contribution in [2.45, 2.75) is 19.8 Å². The Labute approximate surface area is 147 Å². The number of rotatable bonds is 4. The molecule has 1 aromatic heterocycles. The number of hydrogen-bond acceptors (Lipinski definition) is 4. The van der Waals surface area contributed by atoms with Gasteiger partial charge in [0, 0.05) is 24.8 Å². The van der Waals surface area contributed by atoms with E-state index in [4.69, 9.17) is 0 Å². The van der Waals surface area contributed by atoms with Gasteiger partial charge in [0.15, 0.2) is 0 Å². The minimum atomic E-state index is -0.351. The Morgan fingerprint density at radius 2 is 1.84 bits per heavy atom. The number of pyridine rings is 1. The molecule has 0 atom stereocenters. The molecule has 5 nitrogen and oxygen atoms in total. The first-order valence-corrected chi connectivity index (χ1v) is 8.41. The van der Waals surface area contributed by atoms with Crippen LogP contribution in [-0.4, -0.2) is 23.0 Å². The van der Waals surface area contributed by atoms with Crippen molar-refractivity contribution in [3.8, 4) is 0 Å². The van der Waals surface area contributed by atoms with Gasteiger partial charge in [-0.1, -0.05) is 54.1 Å². The van der Waals surface area contributed by atoms with E-state index < -0.39 is 0 Å². The molecule has 0 bridgehead atoms. The lowest BCUT2D eigenvalue weighted by atomic mass is 10.0. The molecule has 0 aliphatic carbocycles. The molecule has 1 aromatic carbocycles. The van der Waals surface area contributed by atoms with E-state index in [0.717, 1.165) is 31.6 Å². The largest absolute Gasteiger partial charge is 0.350 e. The van der Waals surface area contributed by atoms with Crippen molar-refractivity contribution in [3.63, 3.8) is 0 Å². The first-order valence-electron chi connectivity index (χ1n) is 8.41. The summed E-state index contributed by atoms with van der Waals surface area (Å²) in [5.74, 6) is 0.490. The monoisotopic (exact) mass is 335 g/mol. The van der Waals surface area contributed by atoms with Crippen molar-refractivity contribution in [2.75, 3.05) is 18.0 Å². The molecule has 2 aromatic rings. The van der Waals surface area contributed by atoms with Crippen LogP contribution in [0.3, 0.4) is 0 Å². The zero-order valence-corrected chi connectivity index (χ0v) is 14.3. The summed E-state index contributed by atoms with van der Waals surface area (Å²) in [7, 11) is 0. The lowest BCUT2D eigenvalue weighted by molar-refractivity contribution is -0.384. The summed E-state index contributed by atoms with van der Waals surface area (Å²) in [6, 6.07) is 13.4. The van der Waals surface area contributed by atoms with Crippen LogP contribution in [0.2, 0.25) is 0 Å². The third-order valence-electron chi connectivity index (χ3n) is 4.32. The van der Waals surface area contributed by atoms with Crippen LogP contribution in [0, 0.1) is 17.0 Å². The Bertz CT molecular complexity index is 803. The molecule has 1 aliphatic heterocycles. The topological polar surface area (TPSA) is 59.3 Å². The number of allylic oxidation sites excluding steroid dienone is 2. The molecular weight excluding hydrogens is 314 g/mol.